The number of hydrogen-bond acceptors (Lipinski definition) is 3. The van der Waals surface area contributed by atoms with Crippen molar-refractivity contribution in [3.8, 4) is 0 Å². The van der Waals surface area contributed by atoms with Crippen LogP contribution in [0.4, 0.5) is 0 Å². The van der Waals surface area contributed by atoms with Crippen LogP contribution in [0.25, 0.3) is 0 Å². The van der Waals surface area contributed by atoms with Crippen molar-refractivity contribution in [3.63, 3.8) is 0 Å². The summed E-state index contributed by atoms with van der Waals surface area (Å²) in [5.41, 5.74) is -1.57. The number of benzene rings is 2. The Balaban J connectivity index is 2.14. The topological polar surface area (TPSA) is 66.8 Å². The largest absolute Gasteiger partial charge is 0.479 e. The van der Waals surface area contributed by atoms with Gasteiger partial charge in [-0.05, 0) is 34.0 Å². The zero-order valence-electron chi connectivity index (χ0n) is 19.3. The number of aliphatic hydroxyl groups excluding tert-OH is 1. The molecule has 1 fully saturated rings. The average molecular weight is 441 g/mol. The van der Waals surface area contributed by atoms with E-state index in [1.807, 2.05) is 60.7 Å². The van der Waals surface area contributed by atoms with Gasteiger partial charge in [0.25, 0.3) is 0 Å². The maximum atomic E-state index is 13.0. The van der Waals surface area contributed by atoms with Crippen LogP contribution >= 0.6 is 0 Å². The Kier molecular flexibility index (Phi) is 7.09. The molecule has 2 N–H and O–H groups in total. The Labute approximate surface area is 188 Å². The molecule has 5 heteroatoms. The van der Waals surface area contributed by atoms with Crippen molar-refractivity contribution in [3.05, 3.63) is 60.7 Å². The van der Waals surface area contributed by atoms with Gasteiger partial charge in [0.05, 0.1) is 6.10 Å². The molecule has 1 saturated carbocycles. The van der Waals surface area contributed by atoms with Crippen LogP contribution in [0.2, 0.25) is 0 Å². The lowest BCUT2D eigenvalue weighted by Gasteiger charge is -2.55. The van der Waals surface area contributed by atoms with Gasteiger partial charge in [0.1, 0.15) is 0 Å². The van der Waals surface area contributed by atoms with E-state index in [4.69, 9.17) is 4.43 Å². The van der Waals surface area contributed by atoms with E-state index >= 15 is 0 Å². The molecule has 0 bridgehead atoms. The Hall–Kier alpha value is -1.95. The normalized spacial score (nSPS) is 29.1. The van der Waals surface area contributed by atoms with Gasteiger partial charge in [-0.1, -0.05) is 95.3 Å². The highest BCUT2D eigenvalue weighted by Gasteiger charge is 2.59. The lowest BCUT2D eigenvalue weighted by molar-refractivity contribution is -0.189. The summed E-state index contributed by atoms with van der Waals surface area (Å²) >= 11 is 0. The third-order valence-electron chi connectivity index (χ3n) is 7.05. The summed E-state index contributed by atoms with van der Waals surface area (Å²) < 4.78 is 6.84. The number of aliphatic carboxylic acids is 1. The summed E-state index contributed by atoms with van der Waals surface area (Å²) in [7, 11) is -2.32. The highest BCUT2D eigenvalue weighted by atomic mass is 28.3. The standard InChI is InChI=1S/C26H36O4Si/c1-6-21-23(25(3,4)5)18(2)22(27)17-26(21,24(28)29)30-31(19-13-9-7-10-14-19)20-15-11-8-12-16-20/h7-16,18,21-23,27,31H,6,17H2,1-5H3,(H,28,29)/t18-,21?,22-,23+,26+/m1/s1. The lowest BCUT2D eigenvalue weighted by atomic mass is 9.55. The summed E-state index contributed by atoms with van der Waals surface area (Å²) in [6.07, 6.45) is 0.0950. The zero-order valence-corrected chi connectivity index (χ0v) is 20.4. The van der Waals surface area contributed by atoms with Crippen molar-refractivity contribution in [2.24, 2.45) is 23.2 Å². The summed E-state index contributed by atoms with van der Waals surface area (Å²) in [6, 6.07) is 19.9. The average Bonchev–Trinajstić information content (AvgIpc) is 2.74. The van der Waals surface area contributed by atoms with Gasteiger partial charge in [-0.3, -0.25) is 0 Å². The van der Waals surface area contributed by atoms with Gasteiger partial charge in [0.15, 0.2) is 5.60 Å². The molecular weight excluding hydrogens is 404 g/mol. The van der Waals surface area contributed by atoms with Crippen LogP contribution < -0.4 is 10.4 Å². The predicted molar refractivity (Wildman–Crippen MR) is 127 cm³/mol. The van der Waals surface area contributed by atoms with Crippen LogP contribution in [0, 0.1) is 23.2 Å². The third kappa shape index (κ3) is 4.64. The van der Waals surface area contributed by atoms with Gasteiger partial charge in [-0.25, -0.2) is 4.79 Å². The first kappa shape index (κ1) is 23.7. The number of aliphatic hydroxyl groups is 1. The van der Waals surface area contributed by atoms with Crippen LogP contribution in [0.15, 0.2) is 60.7 Å². The van der Waals surface area contributed by atoms with Crippen molar-refractivity contribution in [1.29, 1.82) is 0 Å². The van der Waals surface area contributed by atoms with E-state index in [9.17, 15) is 15.0 Å². The van der Waals surface area contributed by atoms with E-state index in [0.717, 1.165) is 10.4 Å². The first-order chi connectivity index (χ1) is 14.6. The number of carbonyl (C=O) groups is 1. The molecule has 1 unspecified atom stereocenters. The highest BCUT2D eigenvalue weighted by Crippen LogP contribution is 2.52. The fraction of sp³-hybridized carbons (Fsp3) is 0.500. The van der Waals surface area contributed by atoms with Crippen molar-refractivity contribution < 1.29 is 19.4 Å². The smallest absolute Gasteiger partial charge is 0.335 e. The van der Waals surface area contributed by atoms with Gasteiger partial charge < -0.3 is 14.6 Å². The Morgan fingerprint density at radius 3 is 1.94 bits per heavy atom. The molecule has 5 atom stereocenters. The summed E-state index contributed by atoms with van der Waals surface area (Å²) in [6.45, 7) is 10.5. The van der Waals surface area contributed by atoms with E-state index in [-0.39, 0.29) is 29.6 Å². The second-order valence-corrected chi connectivity index (χ2v) is 12.4. The maximum absolute atomic E-state index is 13.0. The molecule has 31 heavy (non-hydrogen) atoms. The van der Waals surface area contributed by atoms with E-state index in [2.05, 4.69) is 34.6 Å². The molecule has 0 radical (unpaired) electrons. The minimum atomic E-state index is -2.32. The molecule has 0 spiro atoms. The zero-order chi connectivity index (χ0) is 22.8. The number of carboxylic acids is 1. The first-order valence-electron chi connectivity index (χ1n) is 11.3. The Bertz CT molecular complexity index is 824. The molecule has 4 nitrogen and oxygen atoms in total. The molecule has 2 aromatic rings. The fourth-order valence-electron chi connectivity index (χ4n) is 5.75. The SMILES string of the molecule is CCC1[C@@H](C(C)(C)C)[C@H](C)[C@H](O)C[C@@]1(O[SiH](c1ccccc1)c1ccccc1)C(=O)O. The van der Waals surface area contributed by atoms with Crippen LogP contribution in [-0.2, 0) is 9.22 Å². The molecule has 0 saturated heterocycles. The third-order valence-corrected chi connectivity index (χ3v) is 9.69. The lowest BCUT2D eigenvalue weighted by Crippen LogP contribution is -2.65. The summed E-state index contributed by atoms with van der Waals surface area (Å²) in [4.78, 5) is 13.0. The molecule has 0 heterocycles. The van der Waals surface area contributed by atoms with E-state index in [0.29, 0.717) is 6.42 Å². The van der Waals surface area contributed by atoms with Crippen molar-refractivity contribution in [1.82, 2.24) is 0 Å². The van der Waals surface area contributed by atoms with E-state index < -0.39 is 26.7 Å². The minimum Gasteiger partial charge on any atom is -0.479 e. The quantitative estimate of drug-likeness (QED) is 0.675. The Morgan fingerprint density at radius 2 is 1.55 bits per heavy atom. The monoisotopic (exact) mass is 440 g/mol. The van der Waals surface area contributed by atoms with Crippen molar-refractivity contribution >= 4 is 25.4 Å². The molecule has 0 aromatic heterocycles. The molecule has 2 aromatic carbocycles. The van der Waals surface area contributed by atoms with Gasteiger partial charge >= 0.3 is 5.97 Å². The molecule has 168 valence electrons. The van der Waals surface area contributed by atoms with Gasteiger partial charge in [0, 0.05) is 12.3 Å². The summed E-state index contributed by atoms with van der Waals surface area (Å²) in [5, 5.41) is 23.7. The Morgan fingerprint density at radius 1 is 1.06 bits per heavy atom. The van der Waals surface area contributed by atoms with Gasteiger partial charge in [-0.15, -0.1) is 0 Å². The van der Waals surface area contributed by atoms with Crippen LogP contribution in [-0.4, -0.2) is 36.9 Å². The van der Waals surface area contributed by atoms with Crippen LogP contribution in [0.3, 0.4) is 0 Å². The number of hydrogen-bond donors (Lipinski definition) is 2. The van der Waals surface area contributed by atoms with Crippen LogP contribution in [0.5, 0.6) is 0 Å². The fourth-order valence-corrected chi connectivity index (χ4v) is 8.34. The maximum Gasteiger partial charge on any atom is 0.335 e. The molecule has 1 aliphatic rings. The van der Waals surface area contributed by atoms with Crippen molar-refractivity contribution in [2.45, 2.75) is 59.2 Å². The van der Waals surface area contributed by atoms with Crippen molar-refractivity contribution in [2.75, 3.05) is 0 Å². The molecule has 3 rings (SSSR count). The highest BCUT2D eigenvalue weighted by molar-refractivity contribution is 6.80. The molecular formula is C26H36O4Si. The second-order valence-electron chi connectivity index (χ2n) is 10.1. The molecule has 0 aliphatic heterocycles. The first-order valence-corrected chi connectivity index (χ1v) is 12.9. The van der Waals surface area contributed by atoms with Crippen LogP contribution in [0.1, 0.15) is 47.5 Å². The van der Waals surface area contributed by atoms with Gasteiger partial charge in [-0.2, -0.15) is 0 Å². The number of carboxylic acid groups (broad SMARTS) is 1. The molecule has 1 aliphatic carbocycles. The van der Waals surface area contributed by atoms with E-state index in [1.54, 1.807) is 0 Å². The predicted octanol–water partition coefficient (Wildman–Crippen LogP) is 3.45. The van der Waals surface area contributed by atoms with E-state index in [1.165, 1.54) is 0 Å². The molecule has 0 amide bonds. The minimum absolute atomic E-state index is 0.00888. The second kappa shape index (κ2) is 9.27. The number of rotatable bonds is 6. The summed E-state index contributed by atoms with van der Waals surface area (Å²) in [5.74, 6) is -1.11. The van der Waals surface area contributed by atoms with Gasteiger partial charge in [0.2, 0.25) is 9.04 Å².